The van der Waals surface area contributed by atoms with E-state index in [1.54, 1.807) is 0 Å². The molecular weight excluding hydrogens is 284 g/mol. The molecule has 2 N–H and O–H groups in total. The number of benzene rings is 1. The summed E-state index contributed by atoms with van der Waals surface area (Å²) in [5.74, 6) is 0. The van der Waals surface area contributed by atoms with E-state index in [-0.39, 0.29) is 0 Å². The molecule has 0 radical (unpaired) electrons. The molecule has 1 aromatic carbocycles. The Balaban J connectivity index is 1.40. The number of fused-ring (bicyclic) bond motifs is 2. The third-order valence-corrected chi connectivity index (χ3v) is 5.65. The van der Waals surface area contributed by atoms with Crippen LogP contribution in [0.5, 0.6) is 0 Å². The summed E-state index contributed by atoms with van der Waals surface area (Å²) >= 11 is 0. The fraction of sp³-hybridized carbons (Fsp3) is 0.700. The predicted octanol–water partition coefficient (Wildman–Crippen LogP) is 3.32. The van der Waals surface area contributed by atoms with Crippen LogP contribution in [0.4, 0.5) is 0 Å². The molecule has 3 rings (SSSR count). The van der Waals surface area contributed by atoms with Gasteiger partial charge in [-0.1, -0.05) is 43.2 Å². The van der Waals surface area contributed by atoms with Gasteiger partial charge in [-0.15, -0.1) is 0 Å². The number of aliphatic hydroxyl groups excluding tert-OH is 1. The molecule has 128 valence electrons. The van der Waals surface area contributed by atoms with Crippen molar-refractivity contribution in [2.24, 2.45) is 0 Å². The van der Waals surface area contributed by atoms with Crippen molar-refractivity contribution in [3.8, 4) is 0 Å². The monoisotopic (exact) mass is 316 g/mol. The molecular formula is C20H32N2O. The quantitative estimate of drug-likeness (QED) is 0.686. The zero-order valence-corrected chi connectivity index (χ0v) is 14.3. The zero-order valence-electron chi connectivity index (χ0n) is 14.3. The van der Waals surface area contributed by atoms with Gasteiger partial charge in [0, 0.05) is 31.3 Å². The maximum absolute atomic E-state index is 8.85. The summed E-state index contributed by atoms with van der Waals surface area (Å²) in [4.78, 5) is 2.79. The van der Waals surface area contributed by atoms with E-state index in [4.69, 9.17) is 5.11 Å². The molecule has 0 aromatic heterocycles. The van der Waals surface area contributed by atoms with Crippen LogP contribution in [0.2, 0.25) is 0 Å². The summed E-state index contributed by atoms with van der Waals surface area (Å²) < 4.78 is 0. The lowest BCUT2D eigenvalue weighted by Gasteiger charge is -2.39. The van der Waals surface area contributed by atoms with Crippen molar-refractivity contribution < 1.29 is 5.11 Å². The number of hydrogen-bond acceptors (Lipinski definition) is 3. The Morgan fingerprint density at radius 2 is 1.65 bits per heavy atom. The molecule has 2 unspecified atom stereocenters. The van der Waals surface area contributed by atoms with E-state index < -0.39 is 0 Å². The standard InChI is InChI=1S/C20H32N2O/c23-13-7-2-1-6-12-22-19-10-11-20(22)15-18(14-19)21-16-17-8-4-3-5-9-17/h3-5,8-9,18-21,23H,1-2,6-7,10-16H2. The van der Waals surface area contributed by atoms with Gasteiger partial charge in [0.2, 0.25) is 0 Å². The second kappa shape index (κ2) is 8.81. The molecule has 2 aliphatic rings. The molecule has 3 heteroatoms. The van der Waals surface area contributed by atoms with E-state index in [0.29, 0.717) is 12.6 Å². The Kier molecular flexibility index (Phi) is 6.49. The number of nitrogens with zero attached hydrogens (tertiary/aromatic N) is 1. The first-order valence-electron chi connectivity index (χ1n) is 9.50. The highest BCUT2D eigenvalue weighted by molar-refractivity contribution is 5.14. The van der Waals surface area contributed by atoms with Gasteiger partial charge in [-0.2, -0.15) is 0 Å². The fourth-order valence-corrected chi connectivity index (χ4v) is 4.42. The molecule has 0 saturated carbocycles. The van der Waals surface area contributed by atoms with Crippen LogP contribution < -0.4 is 5.32 Å². The van der Waals surface area contributed by atoms with E-state index >= 15 is 0 Å². The Hall–Kier alpha value is -0.900. The topological polar surface area (TPSA) is 35.5 Å². The van der Waals surface area contributed by atoms with Crippen LogP contribution in [-0.2, 0) is 6.54 Å². The van der Waals surface area contributed by atoms with Gasteiger partial charge < -0.3 is 10.4 Å². The van der Waals surface area contributed by atoms with Crippen molar-refractivity contribution in [2.75, 3.05) is 13.2 Å². The summed E-state index contributed by atoms with van der Waals surface area (Å²) in [6, 6.07) is 13.1. The highest BCUT2D eigenvalue weighted by Crippen LogP contribution is 2.36. The molecule has 3 nitrogen and oxygen atoms in total. The van der Waals surface area contributed by atoms with Crippen molar-refractivity contribution in [3.63, 3.8) is 0 Å². The van der Waals surface area contributed by atoms with Gasteiger partial charge in [-0.3, -0.25) is 4.90 Å². The van der Waals surface area contributed by atoms with E-state index in [2.05, 4.69) is 40.5 Å². The SMILES string of the molecule is OCCCCCCN1C2CCC1CC(NCc1ccccc1)C2. The lowest BCUT2D eigenvalue weighted by molar-refractivity contribution is 0.114. The fourth-order valence-electron chi connectivity index (χ4n) is 4.42. The Labute approximate surface area is 141 Å². The second-order valence-corrected chi connectivity index (χ2v) is 7.30. The smallest absolute Gasteiger partial charge is 0.0431 e. The molecule has 2 saturated heterocycles. The summed E-state index contributed by atoms with van der Waals surface area (Å²) in [7, 11) is 0. The molecule has 0 amide bonds. The largest absolute Gasteiger partial charge is 0.396 e. The van der Waals surface area contributed by atoms with E-state index in [9.17, 15) is 0 Å². The third kappa shape index (κ3) is 4.79. The Bertz CT molecular complexity index is 436. The van der Waals surface area contributed by atoms with Crippen molar-refractivity contribution >= 4 is 0 Å². The van der Waals surface area contributed by atoms with Gasteiger partial charge >= 0.3 is 0 Å². The minimum absolute atomic E-state index is 0.351. The van der Waals surface area contributed by atoms with Crippen LogP contribution in [0.25, 0.3) is 0 Å². The normalized spacial score (nSPS) is 27.4. The lowest BCUT2D eigenvalue weighted by Crippen LogP contribution is -2.49. The van der Waals surface area contributed by atoms with Gasteiger partial charge in [-0.25, -0.2) is 0 Å². The minimum Gasteiger partial charge on any atom is -0.396 e. The highest BCUT2D eigenvalue weighted by atomic mass is 16.2. The van der Waals surface area contributed by atoms with Crippen molar-refractivity contribution in [3.05, 3.63) is 35.9 Å². The second-order valence-electron chi connectivity index (χ2n) is 7.30. The average Bonchev–Trinajstić information content (AvgIpc) is 2.82. The molecule has 0 aliphatic carbocycles. The highest BCUT2D eigenvalue weighted by Gasteiger charge is 2.39. The number of aliphatic hydroxyl groups is 1. The van der Waals surface area contributed by atoms with Crippen molar-refractivity contribution in [2.45, 2.75) is 76.0 Å². The van der Waals surface area contributed by atoms with Gasteiger partial charge in [0.05, 0.1) is 0 Å². The number of unbranched alkanes of at least 4 members (excludes halogenated alkanes) is 3. The molecule has 2 heterocycles. The van der Waals surface area contributed by atoms with Crippen LogP contribution in [0.15, 0.2) is 30.3 Å². The van der Waals surface area contributed by atoms with Gasteiger partial charge in [0.1, 0.15) is 0 Å². The van der Waals surface area contributed by atoms with Crippen LogP contribution in [0, 0.1) is 0 Å². The van der Waals surface area contributed by atoms with Crippen LogP contribution in [0.3, 0.4) is 0 Å². The Morgan fingerprint density at radius 1 is 0.957 bits per heavy atom. The lowest BCUT2D eigenvalue weighted by atomic mass is 9.96. The molecule has 2 fully saturated rings. The molecule has 0 spiro atoms. The Morgan fingerprint density at radius 3 is 2.35 bits per heavy atom. The van der Waals surface area contributed by atoms with Crippen LogP contribution in [-0.4, -0.2) is 41.3 Å². The van der Waals surface area contributed by atoms with Crippen LogP contribution in [0.1, 0.15) is 56.9 Å². The molecule has 2 atom stereocenters. The van der Waals surface area contributed by atoms with Crippen molar-refractivity contribution in [1.29, 1.82) is 0 Å². The van der Waals surface area contributed by atoms with E-state index in [0.717, 1.165) is 25.0 Å². The molecule has 23 heavy (non-hydrogen) atoms. The third-order valence-electron chi connectivity index (χ3n) is 5.65. The molecule has 2 aliphatic heterocycles. The van der Waals surface area contributed by atoms with Crippen molar-refractivity contribution in [1.82, 2.24) is 10.2 Å². The average molecular weight is 316 g/mol. The zero-order chi connectivity index (χ0) is 15.9. The number of nitrogens with one attached hydrogen (secondary N) is 1. The molecule has 1 aromatic rings. The first-order valence-corrected chi connectivity index (χ1v) is 9.50. The van der Waals surface area contributed by atoms with Gasteiger partial charge in [-0.05, 0) is 50.6 Å². The summed E-state index contributed by atoms with van der Waals surface area (Å²) in [5.41, 5.74) is 1.39. The first-order chi connectivity index (χ1) is 11.4. The first kappa shape index (κ1) is 16.9. The number of hydrogen-bond donors (Lipinski definition) is 2. The maximum atomic E-state index is 8.85. The minimum atomic E-state index is 0.351. The van der Waals surface area contributed by atoms with Crippen LogP contribution >= 0.6 is 0 Å². The van der Waals surface area contributed by atoms with Gasteiger partial charge in [0.15, 0.2) is 0 Å². The van der Waals surface area contributed by atoms with E-state index in [1.807, 2.05) is 0 Å². The number of rotatable bonds is 9. The van der Waals surface area contributed by atoms with E-state index in [1.165, 1.54) is 57.1 Å². The summed E-state index contributed by atoms with van der Waals surface area (Å²) in [6.45, 7) is 2.63. The summed E-state index contributed by atoms with van der Waals surface area (Å²) in [6.07, 6.45) is 10.1. The maximum Gasteiger partial charge on any atom is 0.0431 e. The number of piperidine rings is 1. The molecule has 2 bridgehead atoms. The van der Waals surface area contributed by atoms with Gasteiger partial charge in [0.25, 0.3) is 0 Å². The predicted molar refractivity (Wildman–Crippen MR) is 95.4 cm³/mol. The summed E-state index contributed by atoms with van der Waals surface area (Å²) in [5, 5.41) is 12.6.